The highest BCUT2D eigenvalue weighted by Crippen LogP contribution is 2.12. The maximum absolute atomic E-state index is 11.7. The number of aliphatic hydroxyl groups excluding tert-OH is 1. The molecule has 0 aromatic carbocycles. The highest BCUT2D eigenvalue weighted by Gasteiger charge is 2.12. The Labute approximate surface area is 111 Å². The summed E-state index contributed by atoms with van der Waals surface area (Å²) in [5.41, 5.74) is 1.72. The molecule has 6 heteroatoms. The standard InChI is InChI=1S/C13H16N4O2/c1-9(18)11-5-4-10(8-14-11)17-7-6-12(15-17)13(19)16(2)3/h4-9,18H,1-3H3/t9-/m1/s1. The predicted molar refractivity (Wildman–Crippen MR) is 70.0 cm³/mol. The van der Waals surface area contributed by atoms with Gasteiger partial charge in [-0.25, -0.2) is 4.68 Å². The van der Waals surface area contributed by atoms with Crippen LogP contribution in [-0.2, 0) is 0 Å². The molecule has 0 fully saturated rings. The Hall–Kier alpha value is -2.21. The number of carbonyl (C=O) groups excluding carboxylic acids is 1. The van der Waals surface area contributed by atoms with Gasteiger partial charge in [0.15, 0.2) is 5.69 Å². The van der Waals surface area contributed by atoms with Gasteiger partial charge >= 0.3 is 0 Å². The van der Waals surface area contributed by atoms with Crippen LogP contribution >= 0.6 is 0 Å². The summed E-state index contributed by atoms with van der Waals surface area (Å²) in [7, 11) is 3.36. The maximum Gasteiger partial charge on any atom is 0.273 e. The SMILES string of the molecule is C[C@@H](O)c1ccc(-n2ccc(C(=O)N(C)C)n2)cn1. The van der Waals surface area contributed by atoms with Gasteiger partial charge in [0.05, 0.1) is 23.7 Å². The summed E-state index contributed by atoms with van der Waals surface area (Å²) >= 11 is 0. The Balaban J connectivity index is 2.25. The normalized spacial score (nSPS) is 12.2. The van der Waals surface area contributed by atoms with Crippen molar-refractivity contribution < 1.29 is 9.90 Å². The first-order chi connectivity index (χ1) is 8.99. The van der Waals surface area contributed by atoms with E-state index >= 15 is 0 Å². The van der Waals surface area contributed by atoms with Crippen LogP contribution in [0.1, 0.15) is 29.2 Å². The molecule has 0 bridgehead atoms. The van der Waals surface area contributed by atoms with Crippen molar-refractivity contribution >= 4 is 5.91 Å². The maximum atomic E-state index is 11.7. The van der Waals surface area contributed by atoms with Crippen LogP contribution < -0.4 is 0 Å². The molecule has 0 aliphatic heterocycles. The predicted octanol–water partition coefficient (Wildman–Crippen LogP) is 1.02. The number of rotatable bonds is 3. The van der Waals surface area contributed by atoms with Gasteiger partial charge in [-0.15, -0.1) is 0 Å². The zero-order valence-electron chi connectivity index (χ0n) is 11.1. The van der Waals surface area contributed by atoms with Crippen molar-refractivity contribution in [1.29, 1.82) is 0 Å². The third-order valence-corrected chi connectivity index (χ3v) is 2.68. The molecule has 100 valence electrons. The van der Waals surface area contributed by atoms with E-state index in [1.54, 1.807) is 56.3 Å². The van der Waals surface area contributed by atoms with E-state index in [2.05, 4.69) is 10.1 Å². The van der Waals surface area contributed by atoms with Gasteiger partial charge in [0, 0.05) is 20.3 Å². The first-order valence-electron chi connectivity index (χ1n) is 5.90. The molecule has 1 N–H and O–H groups in total. The molecule has 0 saturated carbocycles. The van der Waals surface area contributed by atoms with E-state index in [0.29, 0.717) is 11.4 Å². The number of hydrogen-bond acceptors (Lipinski definition) is 4. The third kappa shape index (κ3) is 2.79. The van der Waals surface area contributed by atoms with Crippen LogP contribution in [0.2, 0.25) is 0 Å². The monoisotopic (exact) mass is 260 g/mol. The van der Waals surface area contributed by atoms with E-state index in [4.69, 9.17) is 0 Å². The lowest BCUT2D eigenvalue weighted by Gasteiger charge is -2.07. The summed E-state index contributed by atoms with van der Waals surface area (Å²) in [6, 6.07) is 5.19. The van der Waals surface area contributed by atoms with E-state index < -0.39 is 6.10 Å². The van der Waals surface area contributed by atoms with Crippen molar-refractivity contribution in [2.45, 2.75) is 13.0 Å². The Morgan fingerprint density at radius 1 is 1.37 bits per heavy atom. The Kier molecular flexibility index (Phi) is 3.62. The molecule has 6 nitrogen and oxygen atoms in total. The number of carbonyl (C=O) groups is 1. The molecule has 2 heterocycles. The van der Waals surface area contributed by atoms with Crippen LogP contribution in [0.4, 0.5) is 0 Å². The number of pyridine rings is 1. The van der Waals surface area contributed by atoms with Crippen molar-refractivity contribution in [3.8, 4) is 5.69 Å². The molecule has 0 radical (unpaired) electrons. The molecule has 2 aromatic heterocycles. The summed E-state index contributed by atoms with van der Waals surface area (Å²) in [6.07, 6.45) is 2.71. The molecule has 19 heavy (non-hydrogen) atoms. The first-order valence-corrected chi connectivity index (χ1v) is 5.90. The molecular weight excluding hydrogens is 244 g/mol. The number of aromatic nitrogens is 3. The van der Waals surface area contributed by atoms with E-state index in [9.17, 15) is 9.90 Å². The second-order valence-corrected chi connectivity index (χ2v) is 4.46. The molecule has 0 spiro atoms. The van der Waals surface area contributed by atoms with Crippen LogP contribution in [0.3, 0.4) is 0 Å². The van der Waals surface area contributed by atoms with Crippen molar-refractivity contribution in [2.24, 2.45) is 0 Å². The van der Waals surface area contributed by atoms with Crippen molar-refractivity contribution in [3.05, 3.63) is 42.0 Å². The Morgan fingerprint density at radius 3 is 2.63 bits per heavy atom. The Morgan fingerprint density at radius 2 is 2.11 bits per heavy atom. The van der Waals surface area contributed by atoms with Crippen molar-refractivity contribution in [2.75, 3.05) is 14.1 Å². The van der Waals surface area contributed by atoms with Crippen molar-refractivity contribution in [1.82, 2.24) is 19.7 Å². The largest absolute Gasteiger partial charge is 0.387 e. The van der Waals surface area contributed by atoms with E-state index in [0.717, 1.165) is 5.69 Å². The number of amides is 1. The molecule has 0 aliphatic rings. The lowest BCUT2D eigenvalue weighted by atomic mass is 10.2. The fourth-order valence-corrected chi connectivity index (χ4v) is 1.59. The quantitative estimate of drug-likeness (QED) is 0.894. The van der Waals surface area contributed by atoms with Crippen LogP contribution in [0.15, 0.2) is 30.6 Å². The van der Waals surface area contributed by atoms with Gasteiger partial charge in [-0.1, -0.05) is 0 Å². The van der Waals surface area contributed by atoms with Crippen LogP contribution in [0.25, 0.3) is 5.69 Å². The summed E-state index contributed by atoms with van der Waals surface area (Å²) < 4.78 is 1.58. The minimum absolute atomic E-state index is 0.146. The molecule has 2 rings (SSSR count). The van der Waals surface area contributed by atoms with Gasteiger partial charge in [0.25, 0.3) is 5.91 Å². The van der Waals surface area contributed by atoms with Gasteiger partial charge in [0.1, 0.15) is 0 Å². The van der Waals surface area contributed by atoms with Crippen LogP contribution in [0, 0.1) is 0 Å². The smallest absolute Gasteiger partial charge is 0.273 e. The minimum atomic E-state index is -0.599. The summed E-state index contributed by atoms with van der Waals surface area (Å²) in [5, 5.41) is 13.6. The second-order valence-electron chi connectivity index (χ2n) is 4.46. The molecule has 1 atom stereocenters. The molecule has 1 amide bonds. The third-order valence-electron chi connectivity index (χ3n) is 2.68. The highest BCUT2D eigenvalue weighted by molar-refractivity contribution is 5.91. The molecule has 0 aliphatic carbocycles. The zero-order valence-corrected chi connectivity index (χ0v) is 11.1. The van der Waals surface area contributed by atoms with E-state index in [1.807, 2.05) is 0 Å². The van der Waals surface area contributed by atoms with Crippen LogP contribution in [0.5, 0.6) is 0 Å². The number of aliphatic hydroxyl groups is 1. The zero-order chi connectivity index (χ0) is 14.0. The second kappa shape index (κ2) is 5.19. The highest BCUT2D eigenvalue weighted by atomic mass is 16.3. The lowest BCUT2D eigenvalue weighted by molar-refractivity contribution is 0.0821. The number of hydrogen-bond donors (Lipinski definition) is 1. The molecule has 2 aromatic rings. The van der Waals surface area contributed by atoms with Gasteiger partial charge in [0.2, 0.25) is 0 Å². The Bertz CT molecular complexity index is 573. The van der Waals surface area contributed by atoms with Gasteiger partial charge in [-0.05, 0) is 25.1 Å². The number of nitrogens with zero attached hydrogens (tertiary/aromatic N) is 4. The van der Waals surface area contributed by atoms with Gasteiger partial charge in [-0.3, -0.25) is 9.78 Å². The summed E-state index contributed by atoms with van der Waals surface area (Å²) in [6.45, 7) is 1.66. The molecular formula is C13H16N4O2. The van der Waals surface area contributed by atoms with Gasteiger partial charge in [-0.2, -0.15) is 5.10 Å². The molecule has 0 unspecified atom stereocenters. The summed E-state index contributed by atoms with van der Waals surface area (Å²) in [4.78, 5) is 17.3. The lowest BCUT2D eigenvalue weighted by Crippen LogP contribution is -2.22. The van der Waals surface area contributed by atoms with Gasteiger partial charge < -0.3 is 10.0 Å². The van der Waals surface area contributed by atoms with Crippen molar-refractivity contribution in [3.63, 3.8) is 0 Å². The van der Waals surface area contributed by atoms with E-state index in [1.165, 1.54) is 4.90 Å². The average molecular weight is 260 g/mol. The fourth-order valence-electron chi connectivity index (χ4n) is 1.59. The average Bonchev–Trinajstić information content (AvgIpc) is 2.87. The first kappa shape index (κ1) is 13.2. The van der Waals surface area contributed by atoms with Crippen LogP contribution in [-0.4, -0.2) is 44.8 Å². The van der Waals surface area contributed by atoms with E-state index in [-0.39, 0.29) is 5.91 Å². The topological polar surface area (TPSA) is 71.2 Å². The molecule has 0 saturated heterocycles. The summed E-state index contributed by atoms with van der Waals surface area (Å²) in [5.74, 6) is -0.146. The minimum Gasteiger partial charge on any atom is -0.387 e. The fraction of sp³-hybridized carbons (Fsp3) is 0.308.